The van der Waals surface area contributed by atoms with Gasteiger partial charge in [-0.2, -0.15) is 0 Å². The number of thiophene rings is 2. The van der Waals surface area contributed by atoms with Crippen LogP contribution in [0, 0.1) is 0 Å². The summed E-state index contributed by atoms with van der Waals surface area (Å²) < 4.78 is 20.5. The number of carbonyl (C=O) groups excluding carboxylic acids is 2. The number of hydrogen-bond donors (Lipinski definition) is 4. The van der Waals surface area contributed by atoms with Crippen LogP contribution in [0.3, 0.4) is 0 Å². The smallest absolute Gasteiger partial charge is 0.339 e. The summed E-state index contributed by atoms with van der Waals surface area (Å²) in [6.45, 7) is 6.08. The quantitative estimate of drug-likeness (QED) is 0.0955. The number of hydrogen-bond acceptors (Lipinski definition) is 7. The lowest BCUT2D eigenvalue weighted by molar-refractivity contribution is -0.120. The van der Waals surface area contributed by atoms with Crippen LogP contribution in [0.25, 0.3) is 33.4 Å². The van der Waals surface area contributed by atoms with Gasteiger partial charge in [-0.15, -0.1) is 22.7 Å². The minimum atomic E-state index is -1.87. The van der Waals surface area contributed by atoms with Crippen LogP contribution >= 0.6 is 45.9 Å². The molecule has 3 heterocycles. The summed E-state index contributed by atoms with van der Waals surface area (Å²) in [5.41, 5.74) is 3.48. The van der Waals surface area contributed by atoms with E-state index in [1.807, 2.05) is 81.4 Å². The molecule has 7 rings (SSSR count). The zero-order chi connectivity index (χ0) is 43.1. The number of aromatic carboxylic acids is 2. The number of aryl methyl sites for hydroxylation is 1. The molecule has 0 aliphatic carbocycles. The van der Waals surface area contributed by atoms with E-state index in [9.17, 15) is 33.8 Å². The number of amides is 2. The molecule has 0 bridgehead atoms. The molecule has 308 valence electrons. The van der Waals surface area contributed by atoms with E-state index in [0.717, 1.165) is 27.2 Å². The highest BCUT2D eigenvalue weighted by Gasteiger charge is 2.33. The summed E-state index contributed by atoms with van der Waals surface area (Å²) >= 11 is 14.2. The molecule has 0 saturated heterocycles. The van der Waals surface area contributed by atoms with Gasteiger partial charge >= 0.3 is 11.9 Å². The van der Waals surface area contributed by atoms with Gasteiger partial charge in [-0.25, -0.2) is 14.0 Å². The summed E-state index contributed by atoms with van der Waals surface area (Å²) in [6.07, 6.45) is -1.22. The highest BCUT2D eigenvalue weighted by molar-refractivity contribution is 7.17. The molecule has 0 unspecified atom stereocenters. The summed E-state index contributed by atoms with van der Waals surface area (Å²) in [6, 6.07) is 32.5. The van der Waals surface area contributed by atoms with Crippen molar-refractivity contribution in [2.75, 3.05) is 10.6 Å². The first-order valence-electron chi connectivity index (χ1n) is 18.6. The van der Waals surface area contributed by atoms with Gasteiger partial charge in [0, 0.05) is 49.7 Å². The van der Waals surface area contributed by atoms with Crippen molar-refractivity contribution in [3.8, 4) is 22.5 Å². The first kappa shape index (κ1) is 43.8. The lowest BCUT2D eigenvalue weighted by Crippen LogP contribution is -2.26. The first-order valence-corrected chi connectivity index (χ1v) is 21.1. The maximum absolute atomic E-state index is 14.4. The third-order valence-electron chi connectivity index (χ3n) is 9.25. The number of anilines is 2. The van der Waals surface area contributed by atoms with Crippen LogP contribution in [-0.4, -0.2) is 40.1 Å². The molecule has 0 spiro atoms. The fourth-order valence-electron chi connectivity index (χ4n) is 6.33. The van der Waals surface area contributed by atoms with Crippen molar-refractivity contribution < 1.29 is 38.2 Å². The molecule has 0 aliphatic rings. The number of alkyl halides is 1. The van der Waals surface area contributed by atoms with E-state index < -0.39 is 24.0 Å². The number of carboxylic acids is 2. The lowest BCUT2D eigenvalue weighted by atomic mass is 9.89. The van der Waals surface area contributed by atoms with Gasteiger partial charge < -0.3 is 25.3 Å². The van der Waals surface area contributed by atoms with Gasteiger partial charge in [0.05, 0.1) is 0 Å². The van der Waals surface area contributed by atoms with Gasteiger partial charge in [-0.05, 0) is 58.9 Å². The van der Waals surface area contributed by atoms with Gasteiger partial charge in [-0.1, -0.05) is 123 Å². The Morgan fingerprint density at radius 1 is 0.800 bits per heavy atom. The lowest BCUT2D eigenvalue weighted by Gasteiger charge is -2.18. The molecule has 0 aliphatic heterocycles. The summed E-state index contributed by atoms with van der Waals surface area (Å²) in [7, 11) is 0. The SMILES string of the molecule is CC(C)(C)c1sc(NC(=O)CCc2ccccc2)c(C(=O)O)c1-c1cc2ccccc2o1.O=C(O)c1c(-c2ccc(Cl)cc2)csc1NC(=O)[C@H](F)Cc1ccccc1Cl. The second-order valence-corrected chi connectivity index (χ2v) is 17.4. The number of rotatable bonds is 12. The molecule has 9 nitrogen and oxygen atoms in total. The number of nitrogens with one attached hydrogen (secondary N) is 2. The zero-order valence-corrected chi connectivity index (χ0v) is 35.7. The summed E-state index contributed by atoms with van der Waals surface area (Å²) in [5.74, 6) is -2.95. The summed E-state index contributed by atoms with van der Waals surface area (Å²) in [4.78, 5) is 49.9. The Kier molecular flexibility index (Phi) is 13.9. The molecule has 14 heteroatoms. The molecule has 2 amide bonds. The van der Waals surface area contributed by atoms with E-state index in [-0.39, 0.29) is 40.3 Å². The van der Waals surface area contributed by atoms with E-state index >= 15 is 0 Å². The van der Waals surface area contributed by atoms with Crippen LogP contribution in [0.1, 0.15) is 63.9 Å². The van der Waals surface area contributed by atoms with E-state index in [0.29, 0.717) is 55.1 Å². The van der Waals surface area contributed by atoms with Crippen molar-refractivity contribution in [3.63, 3.8) is 0 Å². The van der Waals surface area contributed by atoms with Crippen molar-refractivity contribution in [3.05, 3.63) is 152 Å². The minimum absolute atomic E-state index is 0.0734. The van der Waals surface area contributed by atoms with Crippen molar-refractivity contribution in [1.82, 2.24) is 0 Å². The molecule has 4 N–H and O–H groups in total. The third-order valence-corrected chi connectivity index (χ3v) is 12.3. The van der Waals surface area contributed by atoms with E-state index in [1.54, 1.807) is 53.9 Å². The molecular formula is C46H39Cl2FN2O7S2. The Balaban J connectivity index is 0.000000203. The van der Waals surface area contributed by atoms with Gasteiger partial charge in [0.1, 0.15) is 32.5 Å². The number of para-hydroxylation sites is 1. The second-order valence-electron chi connectivity index (χ2n) is 14.7. The van der Waals surface area contributed by atoms with Crippen LogP contribution < -0.4 is 10.6 Å². The fourth-order valence-corrected chi connectivity index (χ4v) is 8.90. The molecule has 60 heavy (non-hydrogen) atoms. The van der Waals surface area contributed by atoms with Crippen molar-refractivity contribution in [2.24, 2.45) is 0 Å². The number of fused-ring (bicyclic) bond motifs is 1. The maximum Gasteiger partial charge on any atom is 0.339 e. The minimum Gasteiger partial charge on any atom is -0.478 e. The Bertz CT molecular complexity index is 2630. The van der Waals surface area contributed by atoms with Crippen molar-refractivity contribution in [2.45, 2.75) is 51.6 Å². The van der Waals surface area contributed by atoms with Crippen LogP contribution in [-0.2, 0) is 27.8 Å². The molecule has 0 fully saturated rings. The Morgan fingerprint density at radius 2 is 1.45 bits per heavy atom. The van der Waals surface area contributed by atoms with Crippen LogP contribution in [0.15, 0.2) is 119 Å². The predicted molar refractivity (Wildman–Crippen MR) is 239 cm³/mol. The normalized spacial score (nSPS) is 11.7. The fraction of sp³-hybridized carbons (Fsp3) is 0.174. The highest BCUT2D eigenvalue weighted by Crippen LogP contribution is 2.47. The molecule has 4 aromatic carbocycles. The molecule has 7 aromatic rings. The monoisotopic (exact) mass is 884 g/mol. The average molecular weight is 886 g/mol. The van der Waals surface area contributed by atoms with Gasteiger partial charge in [0.2, 0.25) is 5.91 Å². The predicted octanol–water partition coefficient (Wildman–Crippen LogP) is 12.7. The highest BCUT2D eigenvalue weighted by atomic mass is 35.5. The average Bonchev–Trinajstić information content (AvgIpc) is 3.94. The Morgan fingerprint density at radius 3 is 2.10 bits per heavy atom. The standard InChI is InChI=1S/C26H25NO4S.C20H14Cl2FNO3S/c1-26(2,3)23-21(19-15-17-11-7-8-12-18(17)31-19)22(25(29)30)24(32-23)27-20(28)14-13-16-9-5-4-6-10-16;21-13-7-5-11(6-8-13)14-10-28-19(17(14)20(26)27)24-18(25)16(23)9-12-3-1-2-4-15(12)22/h4-12,15H,13-14H2,1-3H3,(H,27,28)(H,29,30);1-8,10,16H,9H2,(H,24,25)(H,26,27)/t;16-/m.1/s1. The Labute approximate surface area is 363 Å². The molecule has 1 atom stereocenters. The molecular weight excluding hydrogens is 847 g/mol. The number of halogens is 3. The van der Waals surface area contributed by atoms with Crippen LogP contribution in [0.2, 0.25) is 10.0 Å². The van der Waals surface area contributed by atoms with Gasteiger partial charge in [0.25, 0.3) is 5.91 Å². The largest absolute Gasteiger partial charge is 0.478 e. The van der Waals surface area contributed by atoms with Crippen LogP contribution in [0.4, 0.5) is 14.4 Å². The third kappa shape index (κ3) is 10.5. The first-order chi connectivity index (χ1) is 28.6. The molecule has 0 saturated carbocycles. The number of furan rings is 1. The van der Waals surface area contributed by atoms with Gasteiger partial charge in [0.15, 0.2) is 6.17 Å². The Hall–Kier alpha value is -5.79. The molecule has 0 radical (unpaired) electrons. The van der Waals surface area contributed by atoms with E-state index in [4.69, 9.17) is 27.6 Å². The van der Waals surface area contributed by atoms with Crippen molar-refractivity contribution in [1.29, 1.82) is 0 Å². The van der Waals surface area contributed by atoms with Crippen molar-refractivity contribution >= 4 is 90.6 Å². The number of carboxylic acid groups (broad SMARTS) is 2. The summed E-state index contributed by atoms with van der Waals surface area (Å²) in [5, 5.41) is 28.7. The number of benzene rings is 4. The van der Waals surface area contributed by atoms with Gasteiger partial charge in [-0.3, -0.25) is 9.59 Å². The van der Waals surface area contributed by atoms with E-state index in [2.05, 4.69) is 10.6 Å². The second kappa shape index (κ2) is 19.1. The zero-order valence-electron chi connectivity index (χ0n) is 32.6. The van der Waals surface area contributed by atoms with Crippen LogP contribution in [0.5, 0.6) is 0 Å². The van der Waals surface area contributed by atoms with E-state index in [1.165, 1.54) is 11.3 Å². The maximum atomic E-state index is 14.4. The number of carbonyl (C=O) groups is 4. The topological polar surface area (TPSA) is 146 Å². The molecule has 3 aromatic heterocycles.